The number of carbonyl (C=O) groups is 2. The number of anilines is 1. The number of hydrogen-bond acceptors (Lipinski definition) is 5. The average Bonchev–Trinajstić information content (AvgIpc) is 3.44. The molecule has 0 bridgehead atoms. The normalized spacial score (nSPS) is 13.6. The van der Waals surface area contributed by atoms with E-state index < -0.39 is 11.8 Å². The molecule has 0 fully saturated rings. The van der Waals surface area contributed by atoms with Crippen molar-refractivity contribution >= 4 is 28.8 Å². The summed E-state index contributed by atoms with van der Waals surface area (Å²) in [6, 6.07) is 17.9. The van der Waals surface area contributed by atoms with Gasteiger partial charge < -0.3 is 15.5 Å². The molecule has 0 unspecified atom stereocenters. The number of thiophene rings is 1. The summed E-state index contributed by atoms with van der Waals surface area (Å²) in [5, 5.41) is 7.46. The van der Waals surface area contributed by atoms with Gasteiger partial charge in [0.2, 0.25) is 0 Å². The molecule has 1 aliphatic rings. The Morgan fingerprint density at radius 2 is 1.86 bits per heavy atom. The van der Waals surface area contributed by atoms with Crippen molar-refractivity contribution in [1.82, 2.24) is 15.6 Å². The lowest BCUT2D eigenvalue weighted by molar-refractivity contribution is -0.139. The molecule has 1 aliphatic heterocycles. The first-order valence-electron chi connectivity index (χ1n) is 9.56. The standard InChI is InChI=1S/C22H22N4O2S/c27-21(24-14-17-7-3-4-11-23-17)22(28)25-15-19(20-9-5-13-29-20)26-12-10-16-6-1-2-8-18(16)26/h1-9,11,13,19H,10,12,14-15H2,(H,24,27)(H,25,28)/t19-/m1/s1. The number of nitrogens with zero attached hydrogens (tertiary/aromatic N) is 2. The van der Waals surface area contributed by atoms with E-state index in [9.17, 15) is 9.59 Å². The molecule has 4 rings (SSSR count). The maximum atomic E-state index is 12.3. The largest absolute Gasteiger partial charge is 0.361 e. The number of fused-ring (bicyclic) bond motifs is 1. The highest BCUT2D eigenvalue weighted by Gasteiger charge is 2.28. The molecule has 29 heavy (non-hydrogen) atoms. The topological polar surface area (TPSA) is 74.3 Å². The molecule has 7 heteroatoms. The van der Waals surface area contributed by atoms with Gasteiger partial charge in [0.05, 0.1) is 18.3 Å². The monoisotopic (exact) mass is 406 g/mol. The van der Waals surface area contributed by atoms with E-state index in [1.54, 1.807) is 29.7 Å². The van der Waals surface area contributed by atoms with Crippen LogP contribution < -0.4 is 15.5 Å². The minimum absolute atomic E-state index is 0.00816. The average molecular weight is 407 g/mol. The van der Waals surface area contributed by atoms with Gasteiger partial charge in [-0.25, -0.2) is 0 Å². The lowest BCUT2D eigenvalue weighted by Crippen LogP contribution is -2.43. The quantitative estimate of drug-likeness (QED) is 0.618. The second-order valence-corrected chi connectivity index (χ2v) is 7.80. The van der Waals surface area contributed by atoms with E-state index in [2.05, 4.69) is 44.8 Å². The van der Waals surface area contributed by atoms with Crippen LogP contribution >= 0.6 is 11.3 Å². The second-order valence-electron chi connectivity index (χ2n) is 6.82. The van der Waals surface area contributed by atoms with Gasteiger partial charge in [-0.05, 0) is 41.6 Å². The van der Waals surface area contributed by atoms with E-state index in [0.29, 0.717) is 12.2 Å². The zero-order valence-electron chi connectivity index (χ0n) is 15.9. The fraction of sp³-hybridized carbons (Fsp3) is 0.227. The van der Waals surface area contributed by atoms with Crippen molar-refractivity contribution in [2.24, 2.45) is 0 Å². The van der Waals surface area contributed by atoms with Crippen LogP contribution in [0.4, 0.5) is 5.69 Å². The summed E-state index contributed by atoms with van der Waals surface area (Å²) in [5.41, 5.74) is 3.21. The molecule has 3 heterocycles. The summed E-state index contributed by atoms with van der Waals surface area (Å²) in [5.74, 6) is -1.28. The van der Waals surface area contributed by atoms with Gasteiger partial charge in [0.15, 0.2) is 0 Å². The Kier molecular flexibility index (Phi) is 5.86. The molecule has 0 radical (unpaired) electrons. The SMILES string of the molecule is O=C(NCc1ccccn1)C(=O)NC[C@H](c1cccs1)N1CCc2ccccc21. The van der Waals surface area contributed by atoms with Crippen LogP contribution in [-0.4, -0.2) is 29.9 Å². The van der Waals surface area contributed by atoms with Gasteiger partial charge in [-0.3, -0.25) is 14.6 Å². The summed E-state index contributed by atoms with van der Waals surface area (Å²) < 4.78 is 0. The van der Waals surface area contributed by atoms with Crippen LogP contribution in [0, 0.1) is 0 Å². The number of nitrogens with one attached hydrogen (secondary N) is 2. The van der Waals surface area contributed by atoms with Crippen molar-refractivity contribution in [3.63, 3.8) is 0 Å². The lowest BCUT2D eigenvalue weighted by Gasteiger charge is -2.30. The molecule has 0 aliphatic carbocycles. The number of hydrogen-bond donors (Lipinski definition) is 2. The molecule has 0 saturated carbocycles. The summed E-state index contributed by atoms with van der Waals surface area (Å²) >= 11 is 1.66. The number of pyridine rings is 1. The van der Waals surface area contributed by atoms with E-state index in [0.717, 1.165) is 17.8 Å². The van der Waals surface area contributed by atoms with Gasteiger partial charge in [0, 0.05) is 29.9 Å². The highest BCUT2D eigenvalue weighted by Crippen LogP contribution is 2.36. The molecule has 1 atom stereocenters. The zero-order chi connectivity index (χ0) is 20.1. The van der Waals surface area contributed by atoms with Crippen LogP contribution in [0.3, 0.4) is 0 Å². The van der Waals surface area contributed by atoms with Crippen LogP contribution in [-0.2, 0) is 22.6 Å². The fourth-order valence-corrected chi connectivity index (χ4v) is 4.40. The van der Waals surface area contributed by atoms with Gasteiger partial charge in [-0.15, -0.1) is 11.3 Å². The Morgan fingerprint density at radius 1 is 1.03 bits per heavy atom. The Hall–Kier alpha value is -3.19. The third kappa shape index (κ3) is 4.46. The maximum absolute atomic E-state index is 12.3. The third-order valence-corrected chi connectivity index (χ3v) is 5.96. The summed E-state index contributed by atoms with van der Waals surface area (Å²) in [6.45, 7) is 1.48. The predicted molar refractivity (Wildman–Crippen MR) is 114 cm³/mol. The van der Waals surface area contributed by atoms with E-state index in [-0.39, 0.29) is 12.6 Å². The maximum Gasteiger partial charge on any atom is 0.309 e. The molecule has 2 aromatic heterocycles. The molecular weight excluding hydrogens is 384 g/mol. The van der Waals surface area contributed by atoms with Crippen molar-refractivity contribution in [2.45, 2.75) is 19.0 Å². The summed E-state index contributed by atoms with van der Waals surface area (Å²) in [4.78, 5) is 32.1. The molecule has 148 valence electrons. The Bertz CT molecular complexity index is 975. The van der Waals surface area contributed by atoms with Crippen LogP contribution in [0.2, 0.25) is 0 Å². The van der Waals surface area contributed by atoms with E-state index >= 15 is 0 Å². The third-order valence-electron chi connectivity index (χ3n) is 4.99. The number of aromatic nitrogens is 1. The van der Waals surface area contributed by atoms with Crippen LogP contribution in [0.15, 0.2) is 66.2 Å². The number of amides is 2. The van der Waals surface area contributed by atoms with Crippen LogP contribution in [0.1, 0.15) is 22.2 Å². The summed E-state index contributed by atoms with van der Waals surface area (Å²) in [7, 11) is 0. The molecule has 2 amide bonds. The zero-order valence-corrected chi connectivity index (χ0v) is 16.7. The van der Waals surface area contributed by atoms with Gasteiger partial charge in [0.1, 0.15) is 0 Å². The highest BCUT2D eigenvalue weighted by molar-refractivity contribution is 7.10. The van der Waals surface area contributed by atoms with Crippen molar-refractivity contribution < 1.29 is 9.59 Å². The molecule has 0 spiro atoms. The van der Waals surface area contributed by atoms with Gasteiger partial charge in [-0.2, -0.15) is 0 Å². The van der Waals surface area contributed by atoms with Crippen LogP contribution in [0.5, 0.6) is 0 Å². The predicted octanol–water partition coefficient (Wildman–Crippen LogP) is 2.68. The molecule has 0 saturated heterocycles. The minimum Gasteiger partial charge on any atom is -0.361 e. The van der Waals surface area contributed by atoms with Crippen molar-refractivity contribution in [3.8, 4) is 0 Å². The van der Waals surface area contributed by atoms with Crippen molar-refractivity contribution in [3.05, 3.63) is 82.3 Å². The number of benzene rings is 1. The minimum atomic E-state index is -0.651. The first-order chi connectivity index (χ1) is 14.2. The van der Waals surface area contributed by atoms with E-state index in [4.69, 9.17) is 0 Å². The lowest BCUT2D eigenvalue weighted by atomic mass is 10.1. The Labute approximate surface area is 173 Å². The van der Waals surface area contributed by atoms with Gasteiger partial charge in [-0.1, -0.05) is 30.3 Å². The Morgan fingerprint density at radius 3 is 2.66 bits per heavy atom. The molecule has 1 aromatic carbocycles. The second kappa shape index (κ2) is 8.87. The number of carbonyl (C=O) groups excluding carboxylic acids is 2. The molecule has 2 N–H and O–H groups in total. The molecule has 6 nitrogen and oxygen atoms in total. The Balaban J connectivity index is 1.40. The van der Waals surface area contributed by atoms with Crippen molar-refractivity contribution in [2.75, 3.05) is 18.0 Å². The number of rotatable bonds is 6. The first kappa shape index (κ1) is 19.1. The smallest absolute Gasteiger partial charge is 0.309 e. The molecule has 3 aromatic rings. The summed E-state index contributed by atoms with van der Waals surface area (Å²) in [6.07, 6.45) is 2.64. The first-order valence-corrected chi connectivity index (χ1v) is 10.4. The fourth-order valence-electron chi connectivity index (χ4n) is 3.56. The van der Waals surface area contributed by atoms with E-state index in [1.807, 2.05) is 23.6 Å². The van der Waals surface area contributed by atoms with Crippen LogP contribution in [0.25, 0.3) is 0 Å². The van der Waals surface area contributed by atoms with E-state index in [1.165, 1.54) is 11.3 Å². The molecular formula is C22H22N4O2S. The highest BCUT2D eigenvalue weighted by atomic mass is 32.1. The van der Waals surface area contributed by atoms with Gasteiger partial charge >= 0.3 is 11.8 Å². The van der Waals surface area contributed by atoms with Crippen molar-refractivity contribution in [1.29, 1.82) is 0 Å². The van der Waals surface area contributed by atoms with Gasteiger partial charge in [0.25, 0.3) is 0 Å². The number of para-hydroxylation sites is 1.